The Morgan fingerprint density at radius 2 is 2.20 bits per heavy atom. The molecule has 0 spiro atoms. The summed E-state index contributed by atoms with van der Waals surface area (Å²) in [6.45, 7) is 3.10. The summed E-state index contributed by atoms with van der Waals surface area (Å²) in [4.78, 5) is 2.47. The second-order valence-corrected chi connectivity index (χ2v) is 6.82. The van der Waals surface area contributed by atoms with E-state index in [0.717, 1.165) is 24.6 Å². The lowest BCUT2D eigenvalue weighted by molar-refractivity contribution is 0.161. The molecule has 106 valence electrons. The van der Waals surface area contributed by atoms with Gasteiger partial charge in [0.25, 0.3) is 0 Å². The van der Waals surface area contributed by atoms with Crippen molar-refractivity contribution in [1.29, 1.82) is 0 Å². The average Bonchev–Trinajstić information content (AvgIpc) is 3.00. The van der Waals surface area contributed by atoms with Crippen LogP contribution in [0.2, 0.25) is 0 Å². The maximum Gasteiger partial charge on any atom is 0.131 e. The van der Waals surface area contributed by atoms with Crippen molar-refractivity contribution >= 4 is 11.3 Å². The van der Waals surface area contributed by atoms with Crippen LogP contribution in [-0.2, 0) is 6.54 Å². The third-order valence-corrected chi connectivity index (χ3v) is 5.13. The Kier molecular flexibility index (Phi) is 3.23. The van der Waals surface area contributed by atoms with Crippen molar-refractivity contribution in [2.45, 2.75) is 44.2 Å². The standard InChI is InChI=1S/C13H18N6S/c1-2-11(19-7-5-14-17-19)8-18(6-1)9-12-15-16-13(20-12)10-3-4-10/h5,7,10-11H,1-4,6,8-9H2/t11-/m0/s1. The molecule has 1 aliphatic carbocycles. The number of hydrogen-bond acceptors (Lipinski definition) is 6. The molecule has 0 radical (unpaired) electrons. The number of piperidine rings is 1. The van der Waals surface area contributed by atoms with E-state index in [1.165, 1.54) is 30.7 Å². The Hall–Kier alpha value is -1.34. The predicted octanol–water partition coefficient (Wildman–Crippen LogP) is 1.84. The molecule has 20 heavy (non-hydrogen) atoms. The van der Waals surface area contributed by atoms with E-state index >= 15 is 0 Å². The molecule has 6 nitrogen and oxygen atoms in total. The van der Waals surface area contributed by atoms with Gasteiger partial charge < -0.3 is 0 Å². The summed E-state index contributed by atoms with van der Waals surface area (Å²) in [5.41, 5.74) is 0. The van der Waals surface area contributed by atoms with E-state index in [2.05, 4.69) is 25.4 Å². The van der Waals surface area contributed by atoms with Crippen molar-refractivity contribution in [3.05, 3.63) is 22.4 Å². The summed E-state index contributed by atoms with van der Waals surface area (Å²) >= 11 is 1.80. The molecule has 2 fully saturated rings. The largest absolute Gasteiger partial charge is 0.294 e. The highest BCUT2D eigenvalue weighted by Gasteiger charge is 2.28. The van der Waals surface area contributed by atoms with Crippen molar-refractivity contribution in [3.8, 4) is 0 Å². The first-order valence-electron chi connectivity index (χ1n) is 7.29. The van der Waals surface area contributed by atoms with E-state index in [1.807, 2.05) is 10.9 Å². The number of likely N-dealkylation sites (tertiary alicyclic amines) is 1. The Morgan fingerprint density at radius 1 is 1.25 bits per heavy atom. The lowest BCUT2D eigenvalue weighted by atomic mass is 10.1. The number of rotatable bonds is 4. The maximum atomic E-state index is 4.35. The summed E-state index contributed by atoms with van der Waals surface area (Å²) in [6.07, 6.45) is 8.71. The molecule has 4 rings (SSSR count). The Bertz CT molecular complexity index is 561. The minimum atomic E-state index is 0.446. The molecule has 0 amide bonds. The molecule has 0 aromatic carbocycles. The fourth-order valence-electron chi connectivity index (χ4n) is 2.82. The highest BCUT2D eigenvalue weighted by molar-refractivity contribution is 7.11. The van der Waals surface area contributed by atoms with E-state index in [9.17, 15) is 0 Å². The van der Waals surface area contributed by atoms with Crippen LogP contribution >= 0.6 is 11.3 Å². The normalized spacial score (nSPS) is 24.1. The van der Waals surface area contributed by atoms with Gasteiger partial charge in [-0.05, 0) is 32.2 Å². The van der Waals surface area contributed by atoms with Gasteiger partial charge in [0.05, 0.1) is 18.8 Å². The van der Waals surface area contributed by atoms with Crippen molar-refractivity contribution in [3.63, 3.8) is 0 Å². The van der Waals surface area contributed by atoms with Crippen LogP contribution in [0.3, 0.4) is 0 Å². The minimum Gasteiger partial charge on any atom is -0.294 e. The lowest BCUT2D eigenvalue weighted by Gasteiger charge is -2.31. The van der Waals surface area contributed by atoms with Gasteiger partial charge >= 0.3 is 0 Å². The molecular formula is C13H18N6S. The van der Waals surface area contributed by atoms with Crippen LogP contribution in [-0.4, -0.2) is 43.2 Å². The quantitative estimate of drug-likeness (QED) is 0.860. The van der Waals surface area contributed by atoms with Crippen molar-refractivity contribution in [1.82, 2.24) is 30.1 Å². The number of aromatic nitrogens is 5. The van der Waals surface area contributed by atoms with Crippen LogP contribution in [0, 0.1) is 0 Å². The first-order chi connectivity index (χ1) is 9.88. The van der Waals surface area contributed by atoms with Crippen LogP contribution in [0.4, 0.5) is 0 Å². The first kappa shape index (κ1) is 12.4. The van der Waals surface area contributed by atoms with Crippen molar-refractivity contribution in [2.24, 2.45) is 0 Å². The van der Waals surface area contributed by atoms with Gasteiger partial charge in [0, 0.05) is 18.7 Å². The first-order valence-corrected chi connectivity index (χ1v) is 8.10. The van der Waals surface area contributed by atoms with Crippen molar-refractivity contribution in [2.75, 3.05) is 13.1 Å². The summed E-state index contributed by atoms with van der Waals surface area (Å²) < 4.78 is 1.99. The van der Waals surface area contributed by atoms with Crippen LogP contribution in [0.5, 0.6) is 0 Å². The molecule has 1 aliphatic heterocycles. The third-order valence-electron chi connectivity index (χ3n) is 4.06. The fraction of sp³-hybridized carbons (Fsp3) is 0.692. The van der Waals surface area contributed by atoms with Crippen LogP contribution in [0.1, 0.15) is 47.7 Å². The number of nitrogens with zero attached hydrogens (tertiary/aromatic N) is 6. The topological polar surface area (TPSA) is 59.7 Å². The fourth-order valence-corrected chi connectivity index (χ4v) is 3.87. The van der Waals surface area contributed by atoms with Crippen LogP contribution in [0.15, 0.2) is 12.4 Å². The summed E-state index contributed by atoms with van der Waals surface area (Å²) in [7, 11) is 0. The molecular weight excluding hydrogens is 272 g/mol. The van der Waals surface area contributed by atoms with Gasteiger partial charge in [0.1, 0.15) is 10.0 Å². The van der Waals surface area contributed by atoms with E-state index in [1.54, 1.807) is 17.5 Å². The summed E-state index contributed by atoms with van der Waals surface area (Å²) in [6, 6.07) is 0.446. The molecule has 1 saturated carbocycles. The monoisotopic (exact) mass is 290 g/mol. The zero-order chi connectivity index (χ0) is 13.4. The van der Waals surface area contributed by atoms with Gasteiger partial charge in [-0.1, -0.05) is 16.6 Å². The van der Waals surface area contributed by atoms with E-state index in [4.69, 9.17) is 0 Å². The zero-order valence-electron chi connectivity index (χ0n) is 11.4. The van der Waals surface area contributed by atoms with Gasteiger partial charge in [0.2, 0.25) is 0 Å². The Balaban J connectivity index is 1.40. The zero-order valence-corrected chi connectivity index (χ0v) is 12.2. The molecule has 0 N–H and O–H groups in total. The molecule has 1 saturated heterocycles. The Morgan fingerprint density at radius 3 is 3.00 bits per heavy atom. The molecule has 3 heterocycles. The molecule has 7 heteroatoms. The number of hydrogen-bond donors (Lipinski definition) is 0. The summed E-state index contributed by atoms with van der Waals surface area (Å²) in [5, 5.41) is 19.1. The van der Waals surface area contributed by atoms with Gasteiger partial charge in [-0.25, -0.2) is 4.68 Å². The molecule has 1 atom stereocenters. The second-order valence-electron chi connectivity index (χ2n) is 5.72. The highest BCUT2D eigenvalue weighted by atomic mass is 32.1. The van der Waals surface area contributed by atoms with E-state index < -0.39 is 0 Å². The molecule has 2 aliphatic rings. The Labute approximate surface area is 121 Å². The third kappa shape index (κ3) is 2.60. The summed E-state index contributed by atoms with van der Waals surface area (Å²) in [5.74, 6) is 0.713. The van der Waals surface area contributed by atoms with E-state index in [-0.39, 0.29) is 0 Å². The second kappa shape index (κ2) is 5.21. The lowest BCUT2D eigenvalue weighted by Crippen LogP contribution is -2.36. The SMILES string of the molecule is c1cn([C@H]2CCCN(Cc3nnc(C4CC4)s3)C2)nn1. The van der Waals surface area contributed by atoms with Crippen LogP contribution < -0.4 is 0 Å². The predicted molar refractivity (Wildman–Crippen MR) is 75.5 cm³/mol. The van der Waals surface area contributed by atoms with Crippen LogP contribution in [0.25, 0.3) is 0 Å². The highest BCUT2D eigenvalue weighted by Crippen LogP contribution is 2.41. The molecule has 0 unspecified atom stereocenters. The smallest absolute Gasteiger partial charge is 0.131 e. The van der Waals surface area contributed by atoms with Gasteiger partial charge in [-0.15, -0.1) is 15.3 Å². The van der Waals surface area contributed by atoms with Gasteiger partial charge in [-0.3, -0.25) is 4.90 Å². The maximum absolute atomic E-state index is 4.35. The molecule has 0 bridgehead atoms. The average molecular weight is 290 g/mol. The van der Waals surface area contributed by atoms with Gasteiger partial charge in [0.15, 0.2) is 0 Å². The van der Waals surface area contributed by atoms with Crippen molar-refractivity contribution < 1.29 is 0 Å². The molecule has 2 aromatic rings. The molecule has 2 aromatic heterocycles. The van der Waals surface area contributed by atoms with E-state index in [0.29, 0.717) is 12.0 Å². The van der Waals surface area contributed by atoms with Gasteiger partial charge in [-0.2, -0.15) is 0 Å². The minimum absolute atomic E-state index is 0.446.